The third-order valence-electron chi connectivity index (χ3n) is 2.29. The zero-order valence-electron chi connectivity index (χ0n) is 9.19. The fourth-order valence-corrected chi connectivity index (χ4v) is 1.45. The summed E-state index contributed by atoms with van der Waals surface area (Å²) in [7, 11) is 0. The molecule has 4 heteroatoms. The van der Waals surface area contributed by atoms with Crippen LogP contribution in [0.4, 0.5) is 5.82 Å². The molecule has 0 spiro atoms. The molecule has 0 aliphatic carbocycles. The number of aliphatic hydroxyl groups is 1. The Bertz CT molecular complexity index is 291. The van der Waals surface area contributed by atoms with E-state index < -0.39 is 0 Å². The molecule has 0 atom stereocenters. The fraction of sp³-hybridized carbons (Fsp3) is 0.545. The number of anilines is 1. The molecule has 0 fully saturated rings. The van der Waals surface area contributed by atoms with Gasteiger partial charge in [-0.05, 0) is 25.5 Å². The minimum atomic E-state index is 0.215. The number of nitrogens with zero attached hydrogens (tertiary/aromatic N) is 2. The summed E-state index contributed by atoms with van der Waals surface area (Å²) in [5, 5.41) is 8.79. The fourth-order valence-electron chi connectivity index (χ4n) is 1.45. The van der Waals surface area contributed by atoms with E-state index in [9.17, 15) is 0 Å². The lowest BCUT2D eigenvalue weighted by Crippen LogP contribution is -2.25. The summed E-state index contributed by atoms with van der Waals surface area (Å²) in [5.41, 5.74) is 6.44. The largest absolute Gasteiger partial charge is 0.396 e. The van der Waals surface area contributed by atoms with Gasteiger partial charge < -0.3 is 15.7 Å². The van der Waals surface area contributed by atoms with Gasteiger partial charge in [0.2, 0.25) is 0 Å². The standard InChI is InChI=1S/C11H19N3O/c1-2-14(7-4-8-15)11-6-3-5-10(9-12)13-11/h3,5-6,15H,2,4,7-9,12H2,1H3. The maximum atomic E-state index is 8.79. The van der Waals surface area contributed by atoms with Crippen LogP contribution in [0.25, 0.3) is 0 Å². The molecule has 0 aromatic carbocycles. The molecule has 0 saturated carbocycles. The van der Waals surface area contributed by atoms with Crippen molar-refractivity contribution in [2.75, 3.05) is 24.6 Å². The van der Waals surface area contributed by atoms with E-state index in [-0.39, 0.29) is 6.61 Å². The summed E-state index contributed by atoms with van der Waals surface area (Å²) in [4.78, 5) is 6.57. The molecule has 15 heavy (non-hydrogen) atoms. The van der Waals surface area contributed by atoms with E-state index in [0.717, 1.165) is 31.0 Å². The molecule has 84 valence electrons. The van der Waals surface area contributed by atoms with Crippen LogP contribution in [0, 0.1) is 0 Å². The molecule has 0 saturated heterocycles. The summed E-state index contributed by atoms with van der Waals surface area (Å²) < 4.78 is 0. The van der Waals surface area contributed by atoms with E-state index in [0.29, 0.717) is 6.54 Å². The second-order valence-corrected chi connectivity index (χ2v) is 3.35. The van der Waals surface area contributed by atoms with Crippen LogP contribution >= 0.6 is 0 Å². The van der Waals surface area contributed by atoms with Gasteiger partial charge in [0.25, 0.3) is 0 Å². The summed E-state index contributed by atoms with van der Waals surface area (Å²) in [6, 6.07) is 5.86. The minimum Gasteiger partial charge on any atom is -0.396 e. The van der Waals surface area contributed by atoms with Crippen LogP contribution in [0.2, 0.25) is 0 Å². The van der Waals surface area contributed by atoms with Crippen LogP contribution in [0.15, 0.2) is 18.2 Å². The van der Waals surface area contributed by atoms with Crippen molar-refractivity contribution in [3.63, 3.8) is 0 Å². The summed E-state index contributed by atoms with van der Waals surface area (Å²) in [6.07, 6.45) is 0.766. The maximum Gasteiger partial charge on any atom is 0.128 e. The highest BCUT2D eigenvalue weighted by atomic mass is 16.3. The van der Waals surface area contributed by atoms with Crippen molar-refractivity contribution in [2.24, 2.45) is 5.73 Å². The van der Waals surface area contributed by atoms with Crippen molar-refractivity contribution in [1.82, 2.24) is 4.98 Å². The highest BCUT2D eigenvalue weighted by Crippen LogP contribution is 2.11. The Labute approximate surface area is 90.7 Å². The molecule has 0 bridgehead atoms. The number of rotatable bonds is 6. The first-order valence-corrected chi connectivity index (χ1v) is 5.33. The normalized spacial score (nSPS) is 10.3. The Balaban J connectivity index is 2.72. The lowest BCUT2D eigenvalue weighted by atomic mass is 10.3. The lowest BCUT2D eigenvalue weighted by Gasteiger charge is -2.21. The van der Waals surface area contributed by atoms with Gasteiger partial charge in [0.15, 0.2) is 0 Å². The molecule has 0 unspecified atom stereocenters. The van der Waals surface area contributed by atoms with Crippen molar-refractivity contribution in [3.8, 4) is 0 Å². The topological polar surface area (TPSA) is 62.4 Å². The Morgan fingerprint density at radius 2 is 2.27 bits per heavy atom. The second kappa shape index (κ2) is 6.37. The molecule has 0 radical (unpaired) electrons. The number of aromatic nitrogens is 1. The van der Waals surface area contributed by atoms with Gasteiger partial charge in [-0.1, -0.05) is 6.07 Å². The molecule has 0 aliphatic rings. The number of nitrogens with two attached hydrogens (primary N) is 1. The third kappa shape index (κ3) is 3.49. The molecule has 0 amide bonds. The van der Waals surface area contributed by atoms with E-state index in [1.807, 2.05) is 18.2 Å². The van der Waals surface area contributed by atoms with Gasteiger partial charge >= 0.3 is 0 Å². The Kier molecular flexibility index (Phi) is 5.07. The second-order valence-electron chi connectivity index (χ2n) is 3.35. The van der Waals surface area contributed by atoms with Crippen molar-refractivity contribution in [2.45, 2.75) is 19.9 Å². The molecule has 1 aromatic heterocycles. The number of aliphatic hydroxyl groups excluding tert-OH is 1. The van der Waals surface area contributed by atoms with Crippen molar-refractivity contribution in [1.29, 1.82) is 0 Å². The molecular formula is C11H19N3O. The van der Waals surface area contributed by atoms with Crippen molar-refractivity contribution in [3.05, 3.63) is 23.9 Å². The van der Waals surface area contributed by atoms with E-state index in [1.165, 1.54) is 0 Å². The quantitative estimate of drug-likeness (QED) is 0.725. The number of hydrogen-bond donors (Lipinski definition) is 2. The molecule has 1 aromatic rings. The van der Waals surface area contributed by atoms with E-state index >= 15 is 0 Å². The first-order valence-electron chi connectivity index (χ1n) is 5.33. The van der Waals surface area contributed by atoms with Gasteiger partial charge in [0.1, 0.15) is 5.82 Å². The zero-order chi connectivity index (χ0) is 11.1. The summed E-state index contributed by atoms with van der Waals surface area (Å²) >= 11 is 0. The molecule has 3 N–H and O–H groups in total. The van der Waals surface area contributed by atoms with E-state index in [1.54, 1.807) is 0 Å². The summed E-state index contributed by atoms with van der Waals surface area (Å²) in [5.74, 6) is 0.939. The first-order chi connectivity index (χ1) is 7.31. The SMILES string of the molecule is CCN(CCCO)c1cccc(CN)n1. The van der Waals surface area contributed by atoms with Crippen LogP contribution in [0.3, 0.4) is 0 Å². The Morgan fingerprint density at radius 1 is 1.47 bits per heavy atom. The van der Waals surface area contributed by atoms with Gasteiger partial charge in [0, 0.05) is 26.2 Å². The highest BCUT2D eigenvalue weighted by molar-refractivity contribution is 5.38. The van der Waals surface area contributed by atoms with Crippen LogP contribution < -0.4 is 10.6 Å². The number of pyridine rings is 1. The zero-order valence-corrected chi connectivity index (χ0v) is 9.19. The van der Waals surface area contributed by atoms with E-state index in [2.05, 4.69) is 16.8 Å². The average Bonchev–Trinajstić information content (AvgIpc) is 2.30. The molecule has 1 rings (SSSR count). The molecule has 1 heterocycles. The van der Waals surface area contributed by atoms with Crippen molar-refractivity contribution < 1.29 is 5.11 Å². The van der Waals surface area contributed by atoms with Crippen LogP contribution in [-0.4, -0.2) is 29.8 Å². The van der Waals surface area contributed by atoms with Gasteiger partial charge in [-0.3, -0.25) is 0 Å². The molecule has 4 nitrogen and oxygen atoms in total. The smallest absolute Gasteiger partial charge is 0.128 e. The average molecular weight is 209 g/mol. The van der Waals surface area contributed by atoms with Gasteiger partial charge in [-0.25, -0.2) is 4.98 Å². The summed E-state index contributed by atoms with van der Waals surface area (Å²) in [6.45, 7) is 4.47. The van der Waals surface area contributed by atoms with Crippen LogP contribution in [0.5, 0.6) is 0 Å². The monoisotopic (exact) mass is 209 g/mol. The number of hydrogen-bond acceptors (Lipinski definition) is 4. The van der Waals surface area contributed by atoms with Gasteiger partial charge in [-0.2, -0.15) is 0 Å². The predicted octanol–water partition coefficient (Wildman–Crippen LogP) is 0.749. The third-order valence-corrected chi connectivity index (χ3v) is 2.29. The van der Waals surface area contributed by atoms with Crippen LogP contribution in [0.1, 0.15) is 19.0 Å². The lowest BCUT2D eigenvalue weighted by molar-refractivity contribution is 0.289. The molecular weight excluding hydrogens is 190 g/mol. The van der Waals surface area contributed by atoms with Crippen molar-refractivity contribution >= 4 is 5.82 Å². The highest BCUT2D eigenvalue weighted by Gasteiger charge is 2.05. The van der Waals surface area contributed by atoms with E-state index in [4.69, 9.17) is 10.8 Å². The van der Waals surface area contributed by atoms with Gasteiger partial charge in [-0.15, -0.1) is 0 Å². The van der Waals surface area contributed by atoms with Gasteiger partial charge in [0.05, 0.1) is 5.69 Å². The minimum absolute atomic E-state index is 0.215. The maximum absolute atomic E-state index is 8.79. The first kappa shape index (κ1) is 11.9. The van der Waals surface area contributed by atoms with Crippen LogP contribution in [-0.2, 0) is 6.54 Å². The predicted molar refractivity (Wildman–Crippen MR) is 61.7 cm³/mol. The Hall–Kier alpha value is -1.13. The molecule has 0 aliphatic heterocycles. The Morgan fingerprint density at radius 3 is 2.87 bits per heavy atom.